The molecule has 0 radical (unpaired) electrons. The number of halogens is 1. The number of benzene rings is 1. The van der Waals surface area contributed by atoms with Crippen molar-refractivity contribution in [2.24, 2.45) is 4.99 Å². The number of aliphatic imine (C=N–C) groups is 1. The molecule has 0 saturated carbocycles. The second-order valence-corrected chi connectivity index (χ2v) is 7.72. The van der Waals surface area contributed by atoms with Crippen LogP contribution in [0.25, 0.3) is 0 Å². The van der Waals surface area contributed by atoms with Crippen molar-refractivity contribution < 1.29 is 9.47 Å². The lowest BCUT2D eigenvalue weighted by Gasteiger charge is -2.11. The van der Waals surface area contributed by atoms with E-state index < -0.39 is 0 Å². The Bertz CT molecular complexity index is 870. The molecule has 0 unspecified atom stereocenters. The highest BCUT2D eigenvalue weighted by atomic mass is 127. The monoisotopic (exact) mass is 540 g/mol. The van der Waals surface area contributed by atoms with Crippen LogP contribution in [0.3, 0.4) is 0 Å². The van der Waals surface area contributed by atoms with Crippen molar-refractivity contribution in [3.8, 4) is 11.5 Å². The molecule has 3 heterocycles. The van der Waals surface area contributed by atoms with Crippen molar-refractivity contribution in [1.29, 1.82) is 0 Å². The van der Waals surface area contributed by atoms with Gasteiger partial charge in [0.05, 0.1) is 0 Å². The van der Waals surface area contributed by atoms with Crippen LogP contribution in [0.2, 0.25) is 0 Å². The molecular weight excluding hydrogens is 507 g/mol. The van der Waals surface area contributed by atoms with E-state index in [1.54, 1.807) is 0 Å². The van der Waals surface area contributed by atoms with E-state index in [0.29, 0.717) is 6.79 Å². The molecule has 8 nitrogen and oxygen atoms in total. The van der Waals surface area contributed by atoms with Crippen LogP contribution in [0, 0.1) is 0 Å². The molecule has 2 N–H and O–H groups in total. The average molecular weight is 540 g/mol. The molecule has 2 aliphatic heterocycles. The molecule has 0 fully saturated rings. The van der Waals surface area contributed by atoms with Crippen molar-refractivity contribution in [2.45, 2.75) is 58.4 Å². The molecule has 1 aromatic heterocycles. The maximum Gasteiger partial charge on any atom is 0.231 e. The molecule has 2 aliphatic rings. The van der Waals surface area contributed by atoms with E-state index in [9.17, 15) is 0 Å². The normalized spacial score (nSPS) is 15.1. The van der Waals surface area contributed by atoms with E-state index in [-0.39, 0.29) is 24.0 Å². The average Bonchev–Trinajstić information content (AvgIpc) is 3.31. The maximum atomic E-state index is 5.45. The molecule has 0 saturated heterocycles. The first kappa shape index (κ1) is 23.6. The highest BCUT2D eigenvalue weighted by Crippen LogP contribution is 2.32. The van der Waals surface area contributed by atoms with Gasteiger partial charge in [-0.3, -0.25) is 4.99 Å². The Balaban J connectivity index is 0.00000272. The van der Waals surface area contributed by atoms with Gasteiger partial charge in [-0.2, -0.15) is 0 Å². The third-order valence-corrected chi connectivity index (χ3v) is 5.50. The fraction of sp³-hybridized carbons (Fsp3) is 0.591. The quantitative estimate of drug-likeness (QED) is 0.232. The predicted molar refractivity (Wildman–Crippen MR) is 132 cm³/mol. The van der Waals surface area contributed by atoms with Crippen molar-refractivity contribution in [3.63, 3.8) is 0 Å². The minimum absolute atomic E-state index is 0. The van der Waals surface area contributed by atoms with E-state index in [0.717, 1.165) is 81.0 Å². The zero-order chi connectivity index (χ0) is 20.6. The number of aromatic nitrogens is 3. The zero-order valence-electron chi connectivity index (χ0n) is 18.2. The Kier molecular flexibility index (Phi) is 9.23. The van der Waals surface area contributed by atoms with Crippen LogP contribution in [0.4, 0.5) is 0 Å². The molecule has 4 rings (SSSR count). The maximum absolute atomic E-state index is 5.45. The highest BCUT2D eigenvalue weighted by Gasteiger charge is 2.14. The van der Waals surface area contributed by atoms with Gasteiger partial charge in [-0.15, -0.1) is 34.2 Å². The van der Waals surface area contributed by atoms with Gasteiger partial charge in [0, 0.05) is 39.0 Å². The molecule has 2 aromatic rings. The van der Waals surface area contributed by atoms with E-state index in [4.69, 9.17) is 14.5 Å². The Labute approximate surface area is 201 Å². The molecule has 31 heavy (non-hydrogen) atoms. The number of hydrogen-bond donors (Lipinski definition) is 2. The standard InChI is InChI=1S/C22H32N6O2.HI/c1-2-23-22(25-13-11-17-9-10-18-19(15-17)30-16-29-18)24-12-6-8-21-27-26-20-7-4-3-5-14-28(20)21;/h9-10,15H,2-8,11-14,16H2,1H3,(H2,23,24,25);1H. The SMILES string of the molecule is CCNC(=NCCCc1nnc2n1CCCCC2)NCCc1ccc2c(c1)OCO2.I. The second-order valence-electron chi connectivity index (χ2n) is 7.72. The van der Waals surface area contributed by atoms with Gasteiger partial charge in [-0.25, -0.2) is 0 Å². The molecular formula is C22H33IN6O2. The third kappa shape index (κ3) is 6.47. The third-order valence-electron chi connectivity index (χ3n) is 5.50. The molecule has 0 atom stereocenters. The number of fused-ring (bicyclic) bond motifs is 2. The fourth-order valence-electron chi connectivity index (χ4n) is 3.92. The molecule has 0 aliphatic carbocycles. The Morgan fingerprint density at radius 3 is 2.90 bits per heavy atom. The summed E-state index contributed by atoms with van der Waals surface area (Å²) in [6.07, 6.45) is 7.59. The molecule has 170 valence electrons. The van der Waals surface area contributed by atoms with E-state index in [2.05, 4.69) is 44.5 Å². The van der Waals surface area contributed by atoms with Crippen LogP contribution < -0.4 is 20.1 Å². The minimum Gasteiger partial charge on any atom is -0.454 e. The number of aryl methyl sites for hydroxylation is 2. The summed E-state index contributed by atoms with van der Waals surface area (Å²) in [6.45, 7) is 5.87. The lowest BCUT2D eigenvalue weighted by molar-refractivity contribution is 0.174. The molecule has 0 bridgehead atoms. The summed E-state index contributed by atoms with van der Waals surface area (Å²) >= 11 is 0. The number of ether oxygens (including phenoxy) is 2. The summed E-state index contributed by atoms with van der Waals surface area (Å²) < 4.78 is 13.1. The minimum atomic E-state index is 0. The van der Waals surface area contributed by atoms with Gasteiger partial charge >= 0.3 is 0 Å². The van der Waals surface area contributed by atoms with Crippen LogP contribution in [0.1, 0.15) is 49.8 Å². The number of rotatable bonds is 8. The summed E-state index contributed by atoms with van der Waals surface area (Å²) in [5, 5.41) is 15.5. The Morgan fingerprint density at radius 2 is 2.00 bits per heavy atom. The van der Waals surface area contributed by atoms with Crippen molar-refractivity contribution in [1.82, 2.24) is 25.4 Å². The molecule has 0 amide bonds. The Hall–Kier alpha value is -2.04. The Morgan fingerprint density at radius 1 is 1.10 bits per heavy atom. The van der Waals surface area contributed by atoms with Crippen molar-refractivity contribution in [2.75, 3.05) is 26.4 Å². The van der Waals surface area contributed by atoms with Crippen molar-refractivity contribution in [3.05, 3.63) is 35.4 Å². The lowest BCUT2D eigenvalue weighted by Crippen LogP contribution is -2.38. The van der Waals surface area contributed by atoms with Crippen LogP contribution >= 0.6 is 24.0 Å². The first-order chi connectivity index (χ1) is 14.8. The van der Waals surface area contributed by atoms with Gasteiger partial charge in [-0.1, -0.05) is 12.5 Å². The number of nitrogens with zero attached hydrogens (tertiary/aromatic N) is 4. The van der Waals surface area contributed by atoms with Crippen molar-refractivity contribution >= 4 is 29.9 Å². The predicted octanol–water partition coefficient (Wildman–Crippen LogP) is 3.08. The summed E-state index contributed by atoms with van der Waals surface area (Å²) in [6, 6.07) is 6.11. The molecule has 0 spiro atoms. The smallest absolute Gasteiger partial charge is 0.231 e. The highest BCUT2D eigenvalue weighted by molar-refractivity contribution is 14.0. The summed E-state index contributed by atoms with van der Waals surface area (Å²) in [5.41, 5.74) is 1.22. The number of guanidine groups is 1. The molecule has 1 aromatic carbocycles. The van der Waals surface area contributed by atoms with Gasteiger partial charge in [0.15, 0.2) is 17.5 Å². The van der Waals surface area contributed by atoms with Gasteiger partial charge in [0.2, 0.25) is 6.79 Å². The van der Waals surface area contributed by atoms with Crippen LogP contribution in [-0.2, 0) is 25.8 Å². The largest absolute Gasteiger partial charge is 0.454 e. The topological polar surface area (TPSA) is 85.6 Å². The van der Waals surface area contributed by atoms with E-state index in [1.165, 1.54) is 24.8 Å². The first-order valence-corrected chi connectivity index (χ1v) is 11.1. The summed E-state index contributed by atoms with van der Waals surface area (Å²) in [5.74, 6) is 4.79. The lowest BCUT2D eigenvalue weighted by atomic mass is 10.1. The van der Waals surface area contributed by atoms with Gasteiger partial charge in [0.25, 0.3) is 0 Å². The van der Waals surface area contributed by atoms with Crippen LogP contribution in [0.5, 0.6) is 11.5 Å². The number of hydrogen-bond acceptors (Lipinski definition) is 5. The van der Waals surface area contributed by atoms with Gasteiger partial charge in [0.1, 0.15) is 11.6 Å². The van der Waals surface area contributed by atoms with E-state index in [1.807, 2.05) is 6.07 Å². The van der Waals surface area contributed by atoms with Crippen LogP contribution in [-0.4, -0.2) is 47.2 Å². The van der Waals surface area contributed by atoms with Gasteiger partial charge in [-0.05, 0) is 50.3 Å². The first-order valence-electron chi connectivity index (χ1n) is 11.1. The summed E-state index contributed by atoms with van der Waals surface area (Å²) in [7, 11) is 0. The van der Waals surface area contributed by atoms with E-state index >= 15 is 0 Å². The van der Waals surface area contributed by atoms with Crippen LogP contribution in [0.15, 0.2) is 23.2 Å². The fourth-order valence-corrected chi connectivity index (χ4v) is 3.92. The van der Waals surface area contributed by atoms with Gasteiger partial charge < -0.3 is 24.7 Å². The molecule has 9 heteroatoms. The summed E-state index contributed by atoms with van der Waals surface area (Å²) in [4.78, 5) is 4.72. The second kappa shape index (κ2) is 12.1. The number of nitrogens with one attached hydrogen (secondary N) is 2. The zero-order valence-corrected chi connectivity index (χ0v) is 20.6.